The van der Waals surface area contributed by atoms with Gasteiger partial charge in [0.1, 0.15) is 11.5 Å². The zero-order chi connectivity index (χ0) is 10.3. The molecule has 92 valence electrons. The molecule has 0 aliphatic rings. The molecule has 2 aromatic rings. The van der Waals surface area contributed by atoms with Crippen LogP contribution in [0.15, 0.2) is 60.7 Å². The molecule has 0 saturated heterocycles. The number of para-hydroxylation sites is 2. The molecule has 2 aromatic carbocycles. The molecule has 0 aliphatic carbocycles. The molecule has 2 rings (SSSR count). The summed E-state index contributed by atoms with van der Waals surface area (Å²) in [5.41, 5.74) is 0. The van der Waals surface area contributed by atoms with Crippen LogP contribution in [0, 0.1) is 0 Å². The standard InChI is InChI=1S/C12H11O2P.2ClH/c1-3-7-11(8-4-1)13-15-14-12-9-5-2-6-10-12;;/h1-10,15H;2*1H. The van der Waals surface area contributed by atoms with Crippen molar-refractivity contribution in [3.05, 3.63) is 60.7 Å². The van der Waals surface area contributed by atoms with E-state index in [9.17, 15) is 0 Å². The molecule has 5 heteroatoms. The maximum absolute atomic E-state index is 5.42. The van der Waals surface area contributed by atoms with E-state index in [1.807, 2.05) is 60.7 Å². The highest BCUT2D eigenvalue weighted by Gasteiger charge is 1.93. The summed E-state index contributed by atoms with van der Waals surface area (Å²) >= 11 is 0. The largest absolute Gasteiger partial charge is 0.441 e. The highest BCUT2D eigenvalue weighted by molar-refractivity contribution is 7.27. The van der Waals surface area contributed by atoms with Crippen LogP contribution in [0.25, 0.3) is 0 Å². The molecule has 0 bridgehead atoms. The third-order valence-electron chi connectivity index (χ3n) is 1.81. The van der Waals surface area contributed by atoms with Crippen LogP contribution in [-0.4, -0.2) is 0 Å². The van der Waals surface area contributed by atoms with Crippen molar-refractivity contribution in [1.82, 2.24) is 0 Å². The van der Waals surface area contributed by atoms with Crippen LogP contribution in [0.5, 0.6) is 11.5 Å². The highest BCUT2D eigenvalue weighted by Crippen LogP contribution is 2.23. The van der Waals surface area contributed by atoms with Gasteiger partial charge in [0.15, 0.2) is 0 Å². The first-order chi connectivity index (χ1) is 7.45. The Morgan fingerprint density at radius 3 is 1.29 bits per heavy atom. The minimum Gasteiger partial charge on any atom is -0.441 e. The Morgan fingerprint density at radius 2 is 0.941 bits per heavy atom. The fraction of sp³-hybridized carbons (Fsp3) is 0. The van der Waals surface area contributed by atoms with Crippen molar-refractivity contribution in [3.8, 4) is 11.5 Å². The molecule has 0 aromatic heterocycles. The Hall–Kier alpha value is -0.950. The second-order valence-electron chi connectivity index (χ2n) is 2.91. The molecule has 17 heavy (non-hydrogen) atoms. The van der Waals surface area contributed by atoms with Gasteiger partial charge in [0, 0.05) is 0 Å². The summed E-state index contributed by atoms with van der Waals surface area (Å²) in [7, 11) is -0.0129. The van der Waals surface area contributed by atoms with E-state index >= 15 is 0 Å². The Balaban J connectivity index is 0.00000128. The zero-order valence-corrected chi connectivity index (χ0v) is 11.5. The number of halogens is 2. The summed E-state index contributed by atoms with van der Waals surface area (Å²) in [6.07, 6.45) is 0. The highest BCUT2D eigenvalue weighted by atomic mass is 35.5. The molecular weight excluding hydrogens is 278 g/mol. The maximum Gasteiger partial charge on any atom is 0.275 e. The van der Waals surface area contributed by atoms with Crippen molar-refractivity contribution in [2.24, 2.45) is 0 Å². The lowest BCUT2D eigenvalue weighted by Crippen LogP contribution is -1.83. The Bertz CT molecular complexity index is 358. The number of hydrogen-bond donors (Lipinski definition) is 0. The molecule has 0 aliphatic heterocycles. The number of rotatable bonds is 4. The Labute approximate surface area is 115 Å². The first-order valence-electron chi connectivity index (χ1n) is 4.64. The van der Waals surface area contributed by atoms with Crippen LogP contribution in [0.3, 0.4) is 0 Å². The maximum atomic E-state index is 5.42. The normalized spacial score (nSPS) is 8.47. The zero-order valence-electron chi connectivity index (χ0n) is 8.91. The summed E-state index contributed by atoms with van der Waals surface area (Å²) in [5, 5.41) is 0. The fourth-order valence-corrected chi connectivity index (χ4v) is 1.60. The van der Waals surface area contributed by atoms with Crippen molar-refractivity contribution in [2.75, 3.05) is 0 Å². The van der Waals surface area contributed by atoms with Crippen LogP contribution >= 0.6 is 33.8 Å². The first-order valence-corrected chi connectivity index (χ1v) is 5.45. The van der Waals surface area contributed by atoms with Gasteiger partial charge in [0.05, 0.1) is 0 Å². The van der Waals surface area contributed by atoms with E-state index in [0.29, 0.717) is 0 Å². The summed E-state index contributed by atoms with van der Waals surface area (Å²) in [6, 6.07) is 19.3. The van der Waals surface area contributed by atoms with Gasteiger partial charge in [-0.1, -0.05) is 36.4 Å². The second-order valence-corrected chi connectivity index (χ2v) is 3.49. The summed E-state index contributed by atoms with van der Waals surface area (Å²) in [4.78, 5) is 0. The molecule has 0 heterocycles. The van der Waals surface area contributed by atoms with Crippen LogP contribution in [-0.2, 0) is 0 Å². The minimum absolute atomic E-state index is 0. The van der Waals surface area contributed by atoms with Gasteiger partial charge in [-0.15, -0.1) is 24.8 Å². The van der Waals surface area contributed by atoms with E-state index in [-0.39, 0.29) is 33.8 Å². The third kappa shape index (κ3) is 5.78. The van der Waals surface area contributed by atoms with Gasteiger partial charge >= 0.3 is 0 Å². The van der Waals surface area contributed by atoms with Crippen molar-refractivity contribution >= 4 is 33.8 Å². The van der Waals surface area contributed by atoms with E-state index in [1.165, 1.54) is 0 Å². The smallest absolute Gasteiger partial charge is 0.275 e. The Kier molecular flexibility index (Phi) is 8.61. The first kappa shape index (κ1) is 16.1. The van der Waals surface area contributed by atoms with Crippen LogP contribution < -0.4 is 9.05 Å². The monoisotopic (exact) mass is 290 g/mol. The SMILES string of the molecule is Cl.Cl.c1ccc(OPOc2ccccc2)cc1. The molecule has 0 radical (unpaired) electrons. The van der Waals surface area contributed by atoms with Gasteiger partial charge in [0.2, 0.25) is 0 Å². The van der Waals surface area contributed by atoms with E-state index in [1.54, 1.807) is 0 Å². The predicted molar refractivity (Wildman–Crippen MR) is 77.0 cm³/mol. The van der Waals surface area contributed by atoms with Gasteiger partial charge in [0.25, 0.3) is 9.03 Å². The quantitative estimate of drug-likeness (QED) is 0.772. The fourth-order valence-electron chi connectivity index (χ4n) is 1.09. The molecule has 0 atom stereocenters. The van der Waals surface area contributed by atoms with Gasteiger partial charge in [-0.25, -0.2) is 0 Å². The lowest BCUT2D eigenvalue weighted by Gasteiger charge is -2.06. The Morgan fingerprint density at radius 1 is 0.588 bits per heavy atom. The van der Waals surface area contributed by atoms with Crippen LogP contribution in [0.4, 0.5) is 0 Å². The second kappa shape index (κ2) is 9.12. The van der Waals surface area contributed by atoms with Crippen molar-refractivity contribution < 1.29 is 9.05 Å². The average molecular weight is 291 g/mol. The summed E-state index contributed by atoms with van der Waals surface area (Å²) < 4.78 is 10.8. The van der Waals surface area contributed by atoms with Gasteiger partial charge in [-0.3, -0.25) is 0 Å². The van der Waals surface area contributed by atoms with Gasteiger partial charge in [-0.05, 0) is 24.3 Å². The lowest BCUT2D eigenvalue weighted by molar-refractivity contribution is 0.516. The molecule has 0 saturated carbocycles. The topological polar surface area (TPSA) is 18.5 Å². The number of benzene rings is 2. The molecular formula is C12H13Cl2O2P. The summed E-state index contributed by atoms with van der Waals surface area (Å²) in [6.45, 7) is 0. The van der Waals surface area contributed by atoms with Crippen molar-refractivity contribution in [2.45, 2.75) is 0 Å². The molecule has 0 amide bonds. The van der Waals surface area contributed by atoms with Crippen molar-refractivity contribution in [1.29, 1.82) is 0 Å². The van der Waals surface area contributed by atoms with E-state index in [2.05, 4.69) is 0 Å². The molecule has 0 spiro atoms. The van der Waals surface area contributed by atoms with E-state index in [0.717, 1.165) is 11.5 Å². The average Bonchev–Trinajstić information content (AvgIpc) is 2.32. The molecule has 0 N–H and O–H groups in total. The lowest BCUT2D eigenvalue weighted by atomic mass is 10.3. The third-order valence-corrected chi connectivity index (χ3v) is 2.44. The molecule has 0 unspecified atom stereocenters. The van der Waals surface area contributed by atoms with E-state index in [4.69, 9.17) is 9.05 Å². The minimum atomic E-state index is -0.0129. The van der Waals surface area contributed by atoms with Crippen LogP contribution in [0.2, 0.25) is 0 Å². The molecule has 0 fully saturated rings. The predicted octanol–water partition coefficient (Wildman–Crippen LogP) is 4.50. The summed E-state index contributed by atoms with van der Waals surface area (Å²) in [5.74, 6) is 1.65. The van der Waals surface area contributed by atoms with Crippen LogP contribution in [0.1, 0.15) is 0 Å². The van der Waals surface area contributed by atoms with Crippen molar-refractivity contribution in [3.63, 3.8) is 0 Å². The van der Waals surface area contributed by atoms with E-state index < -0.39 is 0 Å². The van der Waals surface area contributed by atoms with Gasteiger partial charge in [-0.2, -0.15) is 0 Å². The van der Waals surface area contributed by atoms with Gasteiger partial charge < -0.3 is 9.05 Å². The number of hydrogen-bond acceptors (Lipinski definition) is 2. The molecule has 2 nitrogen and oxygen atoms in total.